The molecule has 34 heavy (non-hydrogen) atoms. The van der Waals surface area contributed by atoms with E-state index in [9.17, 15) is 9.59 Å². The maximum absolute atomic E-state index is 12.6. The maximum Gasteiger partial charge on any atom is 0.263 e. The summed E-state index contributed by atoms with van der Waals surface area (Å²) in [7, 11) is 3.53. The van der Waals surface area contributed by atoms with Crippen molar-refractivity contribution >= 4 is 39.3 Å². The van der Waals surface area contributed by atoms with Crippen LogP contribution in [0.4, 0.5) is 5.13 Å². The fourth-order valence-electron chi connectivity index (χ4n) is 4.65. The van der Waals surface area contributed by atoms with Crippen molar-refractivity contribution < 1.29 is 18.7 Å². The second-order valence-electron chi connectivity index (χ2n) is 9.97. The normalized spacial score (nSPS) is 19.7. The predicted octanol–water partition coefficient (Wildman–Crippen LogP) is 3.03. The summed E-state index contributed by atoms with van der Waals surface area (Å²) < 4.78 is 11.7. The molecule has 0 radical (unpaired) electrons. The van der Waals surface area contributed by atoms with Crippen molar-refractivity contribution in [1.29, 1.82) is 0 Å². The molecule has 5 rings (SSSR count). The highest BCUT2D eigenvalue weighted by Crippen LogP contribution is 2.35. The third-order valence-electron chi connectivity index (χ3n) is 6.45. The molecule has 0 bridgehead atoms. The Morgan fingerprint density at radius 3 is 2.97 bits per heavy atom. The van der Waals surface area contributed by atoms with Crippen LogP contribution >= 0.6 is 11.3 Å². The summed E-state index contributed by atoms with van der Waals surface area (Å²) in [5.74, 6) is 0.0247. The molecule has 0 aliphatic carbocycles. The van der Waals surface area contributed by atoms with Gasteiger partial charge in [-0.05, 0) is 38.0 Å². The van der Waals surface area contributed by atoms with E-state index in [0.29, 0.717) is 24.5 Å². The van der Waals surface area contributed by atoms with Crippen molar-refractivity contribution in [3.8, 4) is 0 Å². The Morgan fingerprint density at radius 2 is 2.18 bits per heavy atom. The fourth-order valence-corrected chi connectivity index (χ4v) is 5.72. The number of aromatic nitrogens is 1. The molecule has 1 atom stereocenters. The monoisotopic (exact) mass is 482 g/mol. The van der Waals surface area contributed by atoms with Gasteiger partial charge in [0.25, 0.3) is 5.91 Å². The molecule has 9 heteroatoms. The molecular weight excluding hydrogens is 452 g/mol. The zero-order chi connectivity index (χ0) is 24.0. The van der Waals surface area contributed by atoms with Crippen LogP contribution in [0.3, 0.4) is 0 Å². The average molecular weight is 483 g/mol. The Kier molecular flexibility index (Phi) is 5.85. The Balaban J connectivity index is 1.41. The number of hydrogen-bond acceptors (Lipinski definition) is 7. The molecule has 1 aromatic carbocycles. The minimum absolute atomic E-state index is 0.0413. The number of hydrogen-bond donors (Lipinski definition) is 1. The van der Waals surface area contributed by atoms with Crippen LogP contribution in [-0.2, 0) is 28.8 Å². The number of morpholine rings is 1. The minimum Gasteiger partial charge on any atom is -0.464 e. The van der Waals surface area contributed by atoms with E-state index in [1.54, 1.807) is 25.3 Å². The molecule has 0 saturated carbocycles. The van der Waals surface area contributed by atoms with Gasteiger partial charge >= 0.3 is 0 Å². The number of furan rings is 1. The first kappa shape index (κ1) is 22.9. The number of carbonyl (C=O) groups excluding carboxylic acids is 2. The van der Waals surface area contributed by atoms with E-state index in [-0.39, 0.29) is 23.4 Å². The molecule has 0 spiro atoms. The Hall–Kier alpha value is -2.91. The molecule has 180 valence electrons. The summed E-state index contributed by atoms with van der Waals surface area (Å²) >= 11 is 1.46. The molecule has 3 aromatic rings. The molecule has 2 aromatic heterocycles. The van der Waals surface area contributed by atoms with Gasteiger partial charge in [0, 0.05) is 43.5 Å². The first-order valence-electron chi connectivity index (χ1n) is 11.6. The fraction of sp³-hybridized carbons (Fsp3) is 0.480. The largest absolute Gasteiger partial charge is 0.464 e. The number of rotatable bonds is 5. The van der Waals surface area contributed by atoms with Gasteiger partial charge in [-0.15, -0.1) is 0 Å². The molecule has 2 amide bonds. The highest BCUT2D eigenvalue weighted by molar-refractivity contribution is 7.17. The number of fused-ring (bicyclic) bond motifs is 2. The van der Waals surface area contributed by atoms with E-state index in [4.69, 9.17) is 14.1 Å². The van der Waals surface area contributed by atoms with Crippen LogP contribution in [0, 0.1) is 0 Å². The quantitative estimate of drug-likeness (QED) is 0.602. The third kappa shape index (κ3) is 4.42. The molecule has 0 unspecified atom stereocenters. The van der Waals surface area contributed by atoms with Crippen LogP contribution in [0.25, 0.3) is 11.0 Å². The number of thiazole rings is 1. The number of likely N-dealkylation sites (N-methyl/N-ethyl adjacent to an activating group) is 1. The van der Waals surface area contributed by atoms with E-state index < -0.39 is 0 Å². The lowest BCUT2D eigenvalue weighted by atomic mass is 9.94. The Bertz CT molecular complexity index is 1250. The van der Waals surface area contributed by atoms with E-state index in [1.165, 1.54) is 11.3 Å². The molecule has 2 aliphatic heterocycles. The standard InChI is InChI=1S/C25H30N4O4S/c1-25(2)12-19-22(23(31)27-25)34-24(26-19)29-7-8-32-14-17(29)11-16-13-33-20-6-5-15(9-18(16)20)10-21(30)28(3)4/h5-6,9,13,17H,7-8,10-12,14H2,1-4H3,(H,27,31)/t17-/m0/s1. The molecule has 4 heterocycles. The summed E-state index contributed by atoms with van der Waals surface area (Å²) in [6.45, 7) is 5.97. The van der Waals surface area contributed by atoms with E-state index in [1.807, 2.05) is 26.0 Å². The molecule has 1 saturated heterocycles. The van der Waals surface area contributed by atoms with E-state index >= 15 is 0 Å². The topological polar surface area (TPSA) is 87.9 Å². The maximum atomic E-state index is 12.6. The van der Waals surface area contributed by atoms with E-state index in [0.717, 1.165) is 52.3 Å². The Labute approximate surface area is 202 Å². The zero-order valence-corrected chi connectivity index (χ0v) is 20.8. The number of amides is 2. The summed E-state index contributed by atoms with van der Waals surface area (Å²) in [4.78, 5) is 34.3. The van der Waals surface area contributed by atoms with Crippen LogP contribution in [0.15, 0.2) is 28.9 Å². The van der Waals surface area contributed by atoms with Gasteiger partial charge in [0.05, 0.1) is 37.6 Å². The lowest BCUT2D eigenvalue weighted by Crippen LogP contribution is -2.48. The second-order valence-corrected chi connectivity index (χ2v) is 10.9. The van der Waals surface area contributed by atoms with Crippen molar-refractivity contribution in [2.24, 2.45) is 0 Å². The van der Waals surface area contributed by atoms with Crippen molar-refractivity contribution in [2.75, 3.05) is 38.8 Å². The average Bonchev–Trinajstić information content (AvgIpc) is 3.37. The van der Waals surface area contributed by atoms with Crippen LogP contribution in [-0.4, -0.2) is 67.1 Å². The lowest BCUT2D eigenvalue weighted by molar-refractivity contribution is -0.127. The summed E-state index contributed by atoms with van der Waals surface area (Å²) in [6.07, 6.45) is 3.60. The number of nitrogens with one attached hydrogen (secondary N) is 1. The lowest BCUT2D eigenvalue weighted by Gasteiger charge is -2.35. The van der Waals surface area contributed by atoms with Crippen molar-refractivity contribution in [1.82, 2.24) is 15.2 Å². The SMILES string of the molecule is CN(C)C(=O)Cc1ccc2occ(C[C@H]3COCCN3c3nc4c(s3)C(=O)NC(C)(C)C4)c2c1. The van der Waals surface area contributed by atoms with Crippen LogP contribution in [0.2, 0.25) is 0 Å². The van der Waals surface area contributed by atoms with Crippen LogP contribution < -0.4 is 10.2 Å². The molecule has 8 nitrogen and oxygen atoms in total. The number of ether oxygens (including phenoxy) is 1. The van der Waals surface area contributed by atoms with Gasteiger partial charge in [-0.2, -0.15) is 0 Å². The zero-order valence-electron chi connectivity index (χ0n) is 20.0. The van der Waals surface area contributed by atoms with Crippen molar-refractivity contribution in [3.05, 3.63) is 46.2 Å². The first-order chi connectivity index (χ1) is 16.2. The number of carbonyl (C=O) groups is 2. The number of nitrogens with zero attached hydrogens (tertiary/aromatic N) is 3. The van der Waals surface area contributed by atoms with Crippen molar-refractivity contribution in [2.45, 2.75) is 44.7 Å². The van der Waals surface area contributed by atoms with Crippen LogP contribution in [0.1, 0.15) is 40.3 Å². The van der Waals surface area contributed by atoms with Gasteiger partial charge in [-0.1, -0.05) is 17.4 Å². The number of benzene rings is 1. The van der Waals surface area contributed by atoms with Gasteiger partial charge in [0.15, 0.2) is 5.13 Å². The molecule has 1 N–H and O–H groups in total. The molecule has 1 fully saturated rings. The summed E-state index contributed by atoms with van der Waals surface area (Å²) in [6, 6.07) is 6.00. The van der Waals surface area contributed by atoms with Gasteiger partial charge in [0.1, 0.15) is 10.5 Å². The van der Waals surface area contributed by atoms with Crippen LogP contribution in [0.5, 0.6) is 0 Å². The highest BCUT2D eigenvalue weighted by atomic mass is 32.1. The third-order valence-corrected chi connectivity index (χ3v) is 7.59. The van der Waals surface area contributed by atoms with Gasteiger partial charge in [-0.25, -0.2) is 4.98 Å². The van der Waals surface area contributed by atoms with E-state index in [2.05, 4.69) is 16.3 Å². The predicted molar refractivity (Wildman–Crippen MR) is 132 cm³/mol. The smallest absolute Gasteiger partial charge is 0.263 e. The minimum atomic E-state index is -0.290. The second kappa shape index (κ2) is 8.70. The number of anilines is 1. The Morgan fingerprint density at radius 1 is 1.35 bits per heavy atom. The van der Waals surface area contributed by atoms with Crippen molar-refractivity contribution in [3.63, 3.8) is 0 Å². The highest BCUT2D eigenvalue weighted by Gasteiger charge is 2.35. The van der Waals surface area contributed by atoms with Gasteiger partial charge in [0.2, 0.25) is 5.91 Å². The molecular formula is C25H30N4O4S. The van der Waals surface area contributed by atoms with Gasteiger partial charge in [-0.3, -0.25) is 9.59 Å². The summed E-state index contributed by atoms with van der Waals surface area (Å²) in [5, 5.41) is 4.96. The first-order valence-corrected chi connectivity index (χ1v) is 12.4. The van der Waals surface area contributed by atoms with Gasteiger partial charge < -0.3 is 24.3 Å². The molecule has 2 aliphatic rings. The summed E-state index contributed by atoms with van der Waals surface area (Å²) in [5.41, 5.74) is 3.44.